The summed E-state index contributed by atoms with van der Waals surface area (Å²) in [6.45, 7) is 0. The van der Waals surface area contributed by atoms with Crippen LogP contribution in [-0.4, -0.2) is 26.4 Å². The molecular formula is C14H15N3O3S2. The van der Waals surface area contributed by atoms with Crippen molar-refractivity contribution >= 4 is 32.4 Å². The highest BCUT2D eigenvalue weighted by Crippen LogP contribution is 2.40. The zero-order valence-corrected chi connectivity index (χ0v) is 13.5. The zero-order chi connectivity index (χ0) is 15.7. The van der Waals surface area contributed by atoms with Crippen molar-refractivity contribution in [2.75, 3.05) is 12.4 Å². The van der Waals surface area contributed by atoms with Crippen LogP contribution in [0.5, 0.6) is 0 Å². The van der Waals surface area contributed by atoms with Crippen molar-refractivity contribution in [3.05, 3.63) is 40.9 Å². The lowest BCUT2D eigenvalue weighted by atomic mass is 10.2. The van der Waals surface area contributed by atoms with Crippen molar-refractivity contribution in [2.45, 2.75) is 23.7 Å². The van der Waals surface area contributed by atoms with Gasteiger partial charge in [-0.25, -0.2) is 18.1 Å². The molecule has 6 nitrogen and oxygen atoms in total. The van der Waals surface area contributed by atoms with Gasteiger partial charge in [0.1, 0.15) is 0 Å². The minimum atomic E-state index is -3.57. The third-order valence-electron chi connectivity index (χ3n) is 3.41. The Morgan fingerprint density at radius 3 is 2.82 bits per heavy atom. The molecule has 2 aromatic rings. The highest BCUT2D eigenvalue weighted by atomic mass is 32.2. The Morgan fingerprint density at radius 2 is 2.14 bits per heavy atom. The van der Waals surface area contributed by atoms with Crippen molar-refractivity contribution in [1.29, 1.82) is 0 Å². The number of nitrogens with one attached hydrogen (secondary N) is 2. The third kappa shape index (κ3) is 3.18. The van der Waals surface area contributed by atoms with E-state index in [9.17, 15) is 13.2 Å². The first-order valence-electron chi connectivity index (χ1n) is 6.80. The Balaban J connectivity index is 1.78. The lowest BCUT2D eigenvalue weighted by Crippen LogP contribution is -2.19. The molecule has 1 aliphatic rings. The maximum absolute atomic E-state index is 12.2. The SMILES string of the molecule is CNS(=O)(=O)c1cccc(C(=O)Nc2nc(C3CC3)cs2)c1. The molecule has 0 atom stereocenters. The molecule has 1 heterocycles. The normalized spacial score (nSPS) is 14.8. The molecule has 1 aliphatic carbocycles. The third-order valence-corrected chi connectivity index (χ3v) is 5.60. The monoisotopic (exact) mass is 337 g/mol. The Morgan fingerprint density at radius 1 is 1.36 bits per heavy atom. The molecule has 22 heavy (non-hydrogen) atoms. The molecule has 1 aromatic heterocycles. The van der Waals surface area contributed by atoms with Crippen molar-refractivity contribution in [1.82, 2.24) is 9.71 Å². The van der Waals surface area contributed by atoms with E-state index in [2.05, 4.69) is 15.0 Å². The van der Waals surface area contributed by atoms with E-state index in [1.54, 1.807) is 6.07 Å². The fraction of sp³-hybridized carbons (Fsp3) is 0.286. The maximum atomic E-state index is 12.2. The van der Waals surface area contributed by atoms with Crippen LogP contribution in [0.3, 0.4) is 0 Å². The average molecular weight is 337 g/mol. The molecule has 0 radical (unpaired) electrons. The van der Waals surface area contributed by atoms with Crippen molar-refractivity contribution in [3.63, 3.8) is 0 Å². The number of hydrogen-bond donors (Lipinski definition) is 2. The van der Waals surface area contributed by atoms with Crippen LogP contribution in [0.15, 0.2) is 34.5 Å². The van der Waals surface area contributed by atoms with E-state index in [4.69, 9.17) is 0 Å². The Labute approximate surface area is 132 Å². The molecule has 8 heteroatoms. The smallest absolute Gasteiger partial charge is 0.257 e. The number of nitrogens with zero attached hydrogens (tertiary/aromatic N) is 1. The van der Waals surface area contributed by atoms with Gasteiger partial charge in [0, 0.05) is 16.9 Å². The van der Waals surface area contributed by atoms with Gasteiger partial charge in [0.15, 0.2) is 5.13 Å². The molecule has 1 fully saturated rings. The molecule has 0 saturated heterocycles. The second-order valence-corrected chi connectivity index (χ2v) is 7.79. The number of sulfonamides is 1. The first kappa shape index (κ1) is 15.1. The highest BCUT2D eigenvalue weighted by molar-refractivity contribution is 7.89. The maximum Gasteiger partial charge on any atom is 0.257 e. The second-order valence-electron chi connectivity index (χ2n) is 5.04. The number of hydrogen-bond acceptors (Lipinski definition) is 5. The predicted octanol–water partition coefficient (Wildman–Crippen LogP) is 2.18. The molecule has 2 N–H and O–H groups in total. The van der Waals surface area contributed by atoms with Crippen LogP contribution >= 0.6 is 11.3 Å². The number of rotatable bonds is 5. The van der Waals surface area contributed by atoms with Gasteiger partial charge in [0.25, 0.3) is 5.91 Å². The van der Waals surface area contributed by atoms with E-state index in [1.807, 2.05) is 5.38 Å². The van der Waals surface area contributed by atoms with Gasteiger partial charge in [-0.2, -0.15) is 0 Å². The quantitative estimate of drug-likeness (QED) is 0.875. The van der Waals surface area contributed by atoms with Crippen LogP contribution in [0.4, 0.5) is 5.13 Å². The van der Waals surface area contributed by atoms with Gasteiger partial charge in [0.2, 0.25) is 10.0 Å². The predicted molar refractivity (Wildman–Crippen MR) is 84.7 cm³/mol. The van der Waals surface area contributed by atoms with Gasteiger partial charge in [-0.3, -0.25) is 10.1 Å². The summed E-state index contributed by atoms with van der Waals surface area (Å²) in [6, 6.07) is 5.89. The second kappa shape index (κ2) is 5.79. The summed E-state index contributed by atoms with van der Waals surface area (Å²) >= 11 is 1.38. The number of amides is 1. The topological polar surface area (TPSA) is 88.2 Å². The standard InChI is InChI=1S/C14H15N3O3S2/c1-15-22(19,20)11-4-2-3-10(7-11)13(18)17-14-16-12(8-21-14)9-5-6-9/h2-4,7-9,15H,5-6H2,1H3,(H,16,17,18). The average Bonchev–Trinajstić information content (AvgIpc) is 3.27. The van der Waals surface area contributed by atoms with Crippen LogP contribution in [0.25, 0.3) is 0 Å². The first-order chi connectivity index (χ1) is 10.5. The van der Waals surface area contributed by atoms with E-state index in [0.29, 0.717) is 11.0 Å². The Kier molecular flexibility index (Phi) is 3.98. The molecule has 0 bridgehead atoms. The van der Waals surface area contributed by atoms with Crippen LogP contribution in [0, 0.1) is 0 Å². The van der Waals surface area contributed by atoms with E-state index in [1.165, 1.54) is 36.6 Å². The molecule has 3 rings (SSSR count). The fourth-order valence-electron chi connectivity index (χ4n) is 2.00. The molecule has 1 amide bonds. The lowest BCUT2D eigenvalue weighted by molar-refractivity contribution is 0.102. The van der Waals surface area contributed by atoms with E-state index < -0.39 is 10.0 Å². The number of benzene rings is 1. The van der Waals surface area contributed by atoms with E-state index in [0.717, 1.165) is 18.5 Å². The van der Waals surface area contributed by atoms with Gasteiger partial charge in [-0.15, -0.1) is 11.3 Å². The van der Waals surface area contributed by atoms with E-state index >= 15 is 0 Å². The summed E-state index contributed by atoms with van der Waals surface area (Å²) in [5.74, 6) is 0.163. The fourth-order valence-corrected chi connectivity index (χ4v) is 3.56. The van der Waals surface area contributed by atoms with Crippen molar-refractivity contribution in [2.24, 2.45) is 0 Å². The van der Waals surface area contributed by atoms with Gasteiger partial charge >= 0.3 is 0 Å². The number of thiazole rings is 1. The molecular weight excluding hydrogens is 322 g/mol. The molecule has 0 unspecified atom stereocenters. The number of aromatic nitrogens is 1. The van der Waals surface area contributed by atoms with Gasteiger partial charge < -0.3 is 0 Å². The minimum absolute atomic E-state index is 0.0560. The van der Waals surface area contributed by atoms with E-state index in [-0.39, 0.29) is 16.4 Å². The summed E-state index contributed by atoms with van der Waals surface area (Å²) in [7, 11) is -2.24. The van der Waals surface area contributed by atoms with Crippen molar-refractivity contribution < 1.29 is 13.2 Å². The molecule has 0 aliphatic heterocycles. The minimum Gasteiger partial charge on any atom is -0.298 e. The molecule has 116 valence electrons. The lowest BCUT2D eigenvalue weighted by Gasteiger charge is -2.05. The number of carbonyl (C=O) groups is 1. The summed E-state index contributed by atoms with van der Waals surface area (Å²) < 4.78 is 25.8. The summed E-state index contributed by atoms with van der Waals surface area (Å²) in [6.07, 6.45) is 2.31. The largest absolute Gasteiger partial charge is 0.298 e. The summed E-state index contributed by atoms with van der Waals surface area (Å²) in [4.78, 5) is 16.7. The zero-order valence-electron chi connectivity index (χ0n) is 11.9. The van der Waals surface area contributed by atoms with Crippen LogP contribution < -0.4 is 10.0 Å². The molecule has 1 saturated carbocycles. The summed E-state index contributed by atoms with van der Waals surface area (Å²) in [5.41, 5.74) is 1.30. The Hall–Kier alpha value is -1.77. The number of carbonyl (C=O) groups excluding carboxylic acids is 1. The van der Waals surface area contributed by atoms with Gasteiger partial charge in [-0.05, 0) is 38.1 Å². The van der Waals surface area contributed by atoms with Crippen LogP contribution in [0.2, 0.25) is 0 Å². The highest BCUT2D eigenvalue weighted by Gasteiger charge is 2.26. The first-order valence-corrected chi connectivity index (χ1v) is 9.16. The van der Waals surface area contributed by atoms with Crippen molar-refractivity contribution in [3.8, 4) is 0 Å². The van der Waals surface area contributed by atoms with Gasteiger partial charge in [0.05, 0.1) is 10.6 Å². The molecule has 0 spiro atoms. The summed E-state index contributed by atoms with van der Waals surface area (Å²) in [5, 5.41) is 5.20. The molecule has 1 aromatic carbocycles. The number of anilines is 1. The van der Waals surface area contributed by atoms with Crippen LogP contribution in [-0.2, 0) is 10.0 Å². The Bertz CT molecular complexity index is 810. The van der Waals surface area contributed by atoms with Crippen LogP contribution in [0.1, 0.15) is 34.8 Å². The van der Waals surface area contributed by atoms with Gasteiger partial charge in [-0.1, -0.05) is 6.07 Å².